The zero-order valence-corrected chi connectivity index (χ0v) is 4.73. The molecule has 0 atom stereocenters. The monoisotopic (exact) mass is 97.1 g/mol. The highest BCUT2D eigenvalue weighted by Gasteiger charge is 1.81. The van der Waals surface area contributed by atoms with E-state index in [0.29, 0.717) is 0 Å². The molecule has 0 aliphatic heterocycles. The average Bonchev–Trinajstić information content (AvgIpc) is 0.811. The van der Waals surface area contributed by atoms with Crippen molar-refractivity contribution in [2.45, 2.75) is 17.4 Å². The summed E-state index contributed by atoms with van der Waals surface area (Å²) >= 11 is -0.139. The molecule has 0 spiro atoms. The molecule has 0 aromatic rings. The molecule has 0 aliphatic rings. The maximum absolute atomic E-state index is 2.31. The minimum atomic E-state index is -0.139. The summed E-state index contributed by atoms with van der Waals surface area (Å²) < 4.78 is 0. The van der Waals surface area contributed by atoms with Gasteiger partial charge in [-0.1, -0.05) is 0 Å². The summed E-state index contributed by atoms with van der Waals surface area (Å²) in [4.78, 5) is 0. The molecule has 0 saturated heterocycles. The van der Waals surface area contributed by atoms with Gasteiger partial charge in [0.1, 0.15) is 0 Å². The summed E-state index contributed by atoms with van der Waals surface area (Å²) in [5, 5.41) is 0. The van der Waals surface area contributed by atoms with Crippen molar-refractivity contribution in [3.05, 3.63) is 0 Å². The van der Waals surface area contributed by atoms with Crippen molar-refractivity contribution in [1.82, 2.24) is 0 Å². The molecule has 0 aromatic carbocycles. The summed E-state index contributed by atoms with van der Waals surface area (Å²) in [6.45, 7) is 0. The molecular formula is C3H9Al. The van der Waals surface area contributed by atoms with E-state index in [9.17, 15) is 0 Å². The normalized spacial score (nSPS) is 6.75. The first kappa shape index (κ1) is 4.53. The van der Waals surface area contributed by atoms with Gasteiger partial charge in [-0.05, 0) is 0 Å². The van der Waals surface area contributed by atoms with E-state index in [0.717, 1.165) is 0 Å². The van der Waals surface area contributed by atoms with Gasteiger partial charge in [-0.3, -0.25) is 0 Å². The van der Waals surface area contributed by atoms with Crippen molar-refractivity contribution in [2.24, 2.45) is 0 Å². The van der Waals surface area contributed by atoms with Gasteiger partial charge in [0.2, 0.25) is 0 Å². The van der Waals surface area contributed by atoms with Crippen LogP contribution in [0.4, 0.5) is 0 Å². The molecule has 0 aromatic heterocycles. The molecule has 0 bridgehead atoms. The van der Waals surface area contributed by atoms with E-state index in [1.165, 1.54) is 0 Å². The lowest BCUT2D eigenvalue weighted by Crippen LogP contribution is -1.84. The van der Waals surface area contributed by atoms with E-state index in [4.69, 9.17) is 0 Å². The van der Waals surface area contributed by atoms with Crippen LogP contribution in [-0.2, 0) is 0 Å². The minimum Gasteiger partial charge on any atom is -0.106 e. The van der Waals surface area contributed by atoms with Crippen LogP contribution < -0.4 is 0 Å². The largest absolute Gasteiger partial charge is 0.251 e. The number of rotatable bonds is 0. The molecular weight excluding hydrogens is 88.0 g/mol. The third kappa shape index (κ3) is 21.0. The summed E-state index contributed by atoms with van der Waals surface area (Å²) in [5.74, 6) is 6.92. The Labute approximate surface area is 32.2 Å². The van der Waals surface area contributed by atoms with Crippen LogP contribution in [0.3, 0.4) is 0 Å². The second-order valence-corrected chi connectivity index (χ2v) is 5.20. The topological polar surface area (TPSA) is 0 Å². The Morgan fingerprint density at radius 2 is 1.00 bits per heavy atom. The molecule has 0 N–H and O–H groups in total. The number of hydrogen-bond acceptors (Lipinski definition) is 0. The van der Waals surface area contributed by atoms with E-state index in [-0.39, 0.29) is 14.1 Å². The van der Waals surface area contributed by atoms with Crippen molar-refractivity contribution in [3.8, 4) is 0 Å². The van der Waals surface area contributed by atoms with Gasteiger partial charge in [0.15, 0.2) is 0 Å². The molecule has 0 radical (unpaired) electrons. The molecule has 0 rings (SSSR count). The van der Waals surface area contributed by atoms with Gasteiger partial charge >= 0.3 is 0 Å². The Kier molecular flexibility index (Phi) is 2.06. The SMILES string of the molecule is [CH3][52Al]([CH3])[CH3]. The van der Waals surface area contributed by atoms with Crippen molar-refractivity contribution in [2.75, 3.05) is 0 Å². The van der Waals surface area contributed by atoms with Gasteiger partial charge in [-0.15, -0.1) is 17.4 Å². The van der Waals surface area contributed by atoms with Crippen LogP contribution in [0.2, 0.25) is 17.4 Å². The molecule has 24 valence electrons. The van der Waals surface area contributed by atoms with E-state index in [1.807, 2.05) is 0 Å². The first-order chi connectivity index (χ1) is 1.73. The first-order valence-corrected chi connectivity index (χ1v) is 5.20. The van der Waals surface area contributed by atoms with Crippen LogP contribution in [0.1, 0.15) is 0 Å². The van der Waals surface area contributed by atoms with E-state index < -0.39 is 0 Å². The van der Waals surface area contributed by atoms with E-state index in [1.54, 1.807) is 0 Å². The summed E-state index contributed by atoms with van der Waals surface area (Å²) in [6, 6.07) is 0. The smallest absolute Gasteiger partial charge is 0.106 e. The fourth-order valence-corrected chi connectivity index (χ4v) is 0. The molecule has 0 amide bonds. The lowest BCUT2D eigenvalue weighted by Gasteiger charge is -1.67. The Morgan fingerprint density at radius 1 is 1.00 bits per heavy atom. The molecule has 0 unspecified atom stereocenters. The highest BCUT2D eigenvalue weighted by Crippen LogP contribution is 1.68. The first-order valence-electron chi connectivity index (χ1n) is 1.73. The van der Waals surface area contributed by atoms with Gasteiger partial charge in [0.05, 0.1) is 0 Å². The zero-order chi connectivity index (χ0) is 3.58. The maximum Gasteiger partial charge on any atom is 0.251 e. The van der Waals surface area contributed by atoms with Crippen molar-refractivity contribution < 1.29 is 0 Å². The van der Waals surface area contributed by atoms with E-state index >= 15 is 0 Å². The van der Waals surface area contributed by atoms with Crippen LogP contribution >= 0.6 is 0 Å². The molecule has 1 heteroatoms. The second kappa shape index (κ2) is 1.82. The predicted octanol–water partition coefficient (Wildman–Crippen LogP) is 1.37. The van der Waals surface area contributed by atoms with Crippen LogP contribution in [0.15, 0.2) is 0 Å². The van der Waals surface area contributed by atoms with Crippen molar-refractivity contribution >= 4 is 14.1 Å². The predicted molar refractivity (Wildman–Crippen MR) is 23.3 cm³/mol. The molecule has 0 heterocycles. The average molecular weight is 97.1 g/mol. The molecule has 0 aliphatic carbocycles. The Hall–Kier alpha value is 0.532. The quantitative estimate of drug-likeness (QED) is 0.400. The lowest BCUT2D eigenvalue weighted by atomic mass is 11.9. The van der Waals surface area contributed by atoms with E-state index in [2.05, 4.69) is 17.4 Å². The summed E-state index contributed by atoms with van der Waals surface area (Å²) in [7, 11) is 0. The Bertz CT molecular complexity index is 8.00. The summed E-state index contributed by atoms with van der Waals surface area (Å²) in [6.07, 6.45) is 0. The fourth-order valence-electron chi connectivity index (χ4n) is 0. The highest BCUT2D eigenvalue weighted by molar-refractivity contribution is 6.54. The lowest BCUT2D eigenvalue weighted by molar-refractivity contribution is 1.91. The van der Waals surface area contributed by atoms with Crippen LogP contribution in [0.5, 0.6) is 0 Å². The molecule has 0 saturated carbocycles. The second-order valence-electron chi connectivity index (χ2n) is 1.73. The van der Waals surface area contributed by atoms with Crippen LogP contribution in [0, 0.1) is 0 Å². The maximum atomic E-state index is 2.31. The van der Waals surface area contributed by atoms with Gasteiger partial charge in [0.25, 0.3) is 14.1 Å². The van der Waals surface area contributed by atoms with Crippen LogP contribution in [-0.4, -0.2) is 14.1 Å². The summed E-state index contributed by atoms with van der Waals surface area (Å²) in [5.41, 5.74) is 0. The van der Waals surface area contributed by atoms with Crippen molar-refractivity contribution in [1.29, 1.82) is 0 Å². The van der Waals surface area contributed by atoms with Gasteiger partial charge in [-0.25, -0.2) is 0 Å². The number of hydrogen-bond donors (Lipinski definition) is 0. The van der Waals surface area contributed by atoms with Gasteiger partial charge < -0.3 is 0 Å². The third-order valence-electron chi connectivity index (χ3n) is 0. The minimum absolute atomic E-state index is 0.139. The highest BCUT2D eigenvalue weighted by atomic mass is 52.1. The van der Waals surface area contributed by atoms with Crippen molar-refractivity contribution in [3.63, 3.8) is 0 Å². The molecule has 4 heavy (non-hydrogen) atoms. The molecule has 0 fully saturated rings. The van der Waals surface area contributed by atoms with Gasteiger partial charge in [-0.2, -0.15) is 0 Å². The standard InChI is InChI=1S/3CH3.Al/h3*1H3;/i;;;1+25. The van der Waals surface area contributed by atoms with Gasteiger partial charge in [0, 0.05) is 0 Å². The zero-order valence-electron chi connectivity index (χ0n) is 3.58. The fraction of sp³-hybridized carbons (Fsp3) is 1.00. The third-order valence-corrected chi connectivity index (χ3v) is 0. The molecule has 0 nitrogen and oxygen atoms in total. The Balaban J connectivity index is 2.32. The Morgan fingerprint density at radius 3 is 1.00 bits per heavy atom. The van der Waals surface area contributed by atoms with Crippen LogP contribution in [0.25, 0.3) is 0 Å².